The minimum Gasteiger partial charge on any atom is -0.395 e. The van der Waals surface area contributed by atoms with Gasteiger partial charge in [0, 0.05) is 4.92 Å². The summed E-state index contributed by atoms with van der Waals surface area (Å²) in [6.07, 6.45) is -1.35. The number of nitrogens with two attached hydrogens (primary N) is 1. The summed E-state index contributed by atoms with van der Waals surface area (Å²) >= 11 is 11.3. The van der Waals surface area contributed by atoms with Crippen LogP contribution in [-0.2, 0) is 0 Å². The Morgan fingerprint density at radius 1 is 1.67 bits per heavy atom. The average Bonchev–Trinajstić information content (AvgIpc) is 2.12. The predicted octanol–water partition coefficient (Wildman–Crippen LogP) is 1.28. The maximum Gasteiger partial charge on any atom is 0.235 e. The Morgan fingerprint density at radius 3 is 2.73 bits per heavy atom. The molecule has 1 atom stereocenters. The lowest BCUT2D eigenvalue weighted by Crippen LogP contribution is -2.13. The van der Waals surface area contributed by atoms with Gasteiger partial charge in [-0.15, -0.1) is 0 Å². The number of hydrogen-bond donors (Lipinski definition) is 2. The molecule has 15 heavy (non-hydrogen) atoms. The van der Waals surface area contributed by atoms with Gasteiger partial charge in [-0.25, -0.2) is 4.98 Å². The van der Waals surface area contributed by atoms with Gasteiger partial charge in [-0.2, -0.15) is 0 Å². The Hall–Kier alpha value is -1.11. The van der Waals surface area contributed by atoms with Crippen molar-refractivity contribution in [3.8, 4) is 0 Å². The molecule has 0 spiro atoms. The molecule has 0 aliphatic rings. The SMILES string of the molecule is Nc1c(Cl)cc(C(O)C[N+](=O)[O-])nc1Cl. The average molecular weight is 252 g/mol. The van der Waals surface area contributed by atoms with Crippen molar-refractivity contribution >= 4 is 28.9 Å². The molecule has 0 aliphatic carbocycles. The van der Waals surface area contributed by atoms with Crippen LogP contribution in [-0.4, -0.2) is 21.6 Å². The molecule has 0 amide bonds. The molecule has 6 nitrogen and oxygen atoms in total. The van der Waals surface area contributed by atoms with Gasteiger partial charge in [0.05, 0.1) is 16.4 Å². The van der Waals surface area contributed by atoms with Crippen molar-refractivity contribution in [1.29, 1.82) is 0 Å². The molecule has 1 unspecified atom stereocenters. The minimum atomic E-state index is -1.35. The van der Waals surface area contributed by atoms with Crippen LogP contribution >= 0.6 is 23.2 Å². The largest absolute Gasteiger partial charge is 0.395 e. The number of anilines is 1. The van der Waals surface area contributed by atoms with E-state index in [-0.39, 0.29) is 21.6 Å². The van der Waals surface area contributed by atoms with E-state index in [4.69, 9.17) is 28.9 Å². The zero-order valence-corrected chi connectivity index (χ0v) is 8.87. The summed E-state index contributed by atoms with van der Waals surface area (Å²) in [6.45, 7) is -0.663. The van der Waals surface area contributed by atoms with Crippen molar-refractivity contribution in [2.24, 2.45) is 0 Å². The van der Waals surface area contributed by atoms with E-state index in [1.807, 2.05) is 0 Å². The Kier molecular flexibility index (Phi) is 3.67. The van der Waals surface area contributed by atoms with E-state index in [1.54, 1.807) is 0 Å². The van der Waals surface area contributed by atoms with Crippen LogP contribution in [0.3, 0.4) is 0 Å². The number of rotatable bonds is 3. The number of nitrogen functional groups attached to an aromatic ring is 1. The number of nitrogens with zero attached hydrogens (tertiary/aromatic N) is 2. The standard InChI is InChI=1S/C7H7Cl2N3O3/c8-3-1-4(5(13)2-12(14)15)11-7(9)6(3)10/h1,5,13H,2,10H2. The van der Waals surface area contributed by atoms with Gasteiger partial charge in [0.25, 0.3) is 0 Å². The highest BCUT2D eigenvalue weighted by molar-refractivity contribution is 6.38. The van der Waals surface area contributed by atoms with Gasteiger partial charge >= 0.3 is 0 Å². The van der Waals surface area contributed by atoms with Gasteiger partial charge in [-0.05, 0) is 6.07 Å². The van der Waals surface area contributed by atoms with Gasteiger partial charge < -0.3 is 10.8 Å². The summed E-state index contributed by atoms with van der Waals surface area (Å²) < 4.78 is 0. The van der Waals surface area contributed by atoms with E-state index in [0.29, 0.717) is 0 Å². The maximum atomic E-state index is 10.1. The fourth-order valence-corrected chi connectivity index (χ4v) is 1.37. The van der Waals surface area contributed by atoms with Crippen molar-refractivity contribution < 1.29 is 10.0 Å². The third-order valence-electron chi connectivity index (χ3n) is 1.64. The molecular formula is C7H7Cl2N3O3. The number of aliphatic hydroxyl groups is 1. The second-order valence-electron chi connectivity index (χ2n) is 2.76. The van der Waals surface area contributed by atoms with Crippen LogP contribution in [0.2, 0.25) is 10.2 Å². The molecule has 0 saturated heterocycles. The van der Waals surface area contributed by atoms with Gasteiger partial charge in [0.2, 0.25) is 6.54 Å². The van der Waals surface area contributed by atoms with Crippen LogP contribution in [0.4, 0.5) is 5.69 Å². The Morgan fingerprint density at radius 2 is 2.27 bits per heavy atom. The zero-order valence-electron chi connectivity index (χ0n) is 7.35. The van der Waals surface area contributed by atoms with Gasteiger partial charge in [-0.3, -0.25) is 10.1 Å². The molecule has 1 heterocycles. The number of nitro groups is 1. The van der Waals surface area contributed by atoms with Crippen LogP contribution in [0.1, 0.15) is 11.8 Å². The third-order valence-corrected chi connectivity index (χ3v) is 2.25. The molecule has 3 N–H and O–H groups in total. The first-order chi connectivity index (χ1) is 6.91. The second kappa shape index (κ2) is 4.61. The highest BCUT2D eigenvalue weighted by Gasteiger charge is 2.18. The van der Waals surface area contributed by atoms with Gasteiger partial charge in [0.15, 0.2) is 11.3 Å². The number of pyridine rings is 1. The molecule has 0 fully saturated rings. The van der Waals surface area contributed by atoms with Crippen molar-refractivity contribution in [3.05, 3.63) is 32.1 Å². The van der Waals surface area contributed by atoms with Crippen molar-refractivity contribution in [2.45, 2.75) is 6.10 Å². The van der Waals surface area contributed by atoms with Crippen LogP contribution in [0.15, 0.2) is 6.07 Å². The first kappa shape index (κ1) is 12.0. The monoisotopic (exact) mass is 251 g/mol. The molecule has 8 heteroatoms. The molecule has 0 aliphatic heterocycles. The number of aromatic nitrogens is 1. The molecule has 1 aromatic rings. The molecule has 82 valence electrons. The summed E-state index contributed by atoms with van der Waals surface area (Å²) in [4.78, 5) is 13.2. The zero-order chi connectivity index (χ0) is 11.6. The molecule has 1 aromatic heterocycles. The third kappa shape index (κ3) is 2.92. The van der Waals surface area contributed by atoms with Crippen LogP contribution in [0.5, 0.6) is 0 Å². The first-order valence-corrected chi connectivity index (χ1v) is 4.58. The summed E-state index contributed by atoms with van der Waals surface area (Å²) in [5, 5.41) is 19.5. The highest BCUT2D eigenvalue weighted by Crippen LogP contribution is 2.28. The van der Waals surface area contributed by atoms with Gasteiger partial charge in [0.1, 0.15) is 0 Å². The summed E-state index contributed by atoms with van der Waals surface area (Å²) in [5.74, 6) is 0. The van der Waals surface area contributed by atoms with E-state index in [9.17, 15) is 15.2 Å². The first-order valence-electron chi connectivity index (χ1n) is 3.83. The lowest BCUT2D eigenvalue weighted by molar-refractivity contribution is -0.491. The fourth-order valence-electron chi connectivity index (χ4n) is 0.917. The summed E-state index contributed by atoms with van der Waals surface area (Å²) in [7, 11) is 0. The summed E-state index contributed by atoms with van der Waals surface area (Å²) in [5.41, 5.74) is 5.51. The lowest BCUT2D eigenvalue weighted by atomic mass is 10.2. The van der Waals surface area contributed by atoms with Crippen molar-refractivity contribution in [2.75, 3.05) is 12.3 Å². The molecule has 0 radical (unpaired) electrons. The molecule has 0 bridgehead atoms. The van der Waals surface area contributed by atoms with Crippen LogP contribution in [0, 0.1) is 10.1 Å². The van der Waals surface area contributed by atoms with Gasteiger partial charge in [-0.1, -0.05) is 23.2 Å². The van der Waals surface area contributed by atoms with E-state index in [1.165, 1.54) is 6.07 Å². The molecular weight excluding hydrogens is 245 g/mol. The van der Waals surface area contributed by atoms with Crippen molar-refractivity contribution in [3.63, 3.8) is 0 Å². The van der Waals surface area contributed by atoms with E-state index in [0.717, 1.165) is 0 Å². The minimum absolute atomic E-state index is 0.0240. The van der Waals surface area contributed by atoms with E-state index >= 15 is 0 Å². The van der Waals surface area contributed by atoms with E-state index in [2.05, 4.69) is 4.98 Å². The predicted molar refractivity (Wildman–Crippen MR) is 55.5 cm³/mol. The topological polar surface area (TPSA) is 102 Å². The van der Waals surface area contributed by atoms with Crippen LogP contribution < -0.4 is 5.73 Å². The van der Waals surface area contributed by atoms with E-state index < -0.39 is 17.6 Å². The molecule has 0 aromatic carbocycles. The number of aliphatic hydroxyl groups excluding tert-OH is 1. The fraction of sp³-hybridized carbons (Fsp3) is 0.286. The normalized spacial score (nSPS) is 12.5. The number of halogens is 2. The Labute approximate surface area is 94.8 Å². The quantitative estimate of drug-likeness (QED) is 0.479. The van der Waals surface area contributed by atoms with Crippen LogP contribution in [0.25, 0.3) is 0 Å². The number of hydrogen-bond acceptors (Lipinski definition) is 5. The highest BCUT2D eigenvalue weighted by atomic mass is 35.5. The Bertz CT molecular complexity index is 376. The van der Waals surface area contributed by atoms with Crippen molar-refractivity contribution in [1.82, 2.24) is 4.98 Å². The molecule has 0 saturated carbocycles. The summed E-state index contributed by atoms with van der Waals surface area (Å²) in [6, 6.07) is 1.25. The second-order valence-corrected chi connectivity index (χ2v) is 3.53. The lowest BCUT2D eigenvalue weighted by Gasteiger charge is -2.08. The Balaban J connectivity index is 3.00. The molecule has 1 rings (SSSR count). The smallest absolute Gasteiger partial charge is 0.235 e. The maximum absolute atomic E-state index is 10.1.